The molecule has 0 N–H and O–H groups in total. The maximum atomic E-state index is 12.3. The zero-order valence-corrected chi connectivity index (χ0v) is 16.7. The first-order chi connectivity index (χ1) is 13.5. The Hall–Kier alpha value is -2.77. The van der Waals surface area contributed by atoms with Crippen LogP contribution in [0.3, 0.4) is 0 Å². The van der Waals surface area contributed by atoms with Crippen LogP contribution in [0.2, 0.25) is 10.0 Å². The average Bonchev–Trinajstić information content (AvgIpc) is 3.08. The molecule has 0 aliphatic rings. The summed E-state index contributed by atoms with van der Waals surface area (Å²) in [4.78, 5) is 12.3. The second-order valence-corrected chi connectivity index (χ2v) is 6.49. The van der Waals surface area contributed by atoms with Gasteiger partial charge in [0.25, 0.3) is 5.88 Å². The predicted molar refractivity (Wildman–Crippen MR) is 105 cm³/mol. The number of hydrogen-bond acceptors (Lipinski definition) is 6. The number of benzene rings is 2. The monoisotopic (exact) mass is 421 g/mol. The highest BCUT2D eigenvalue weighted by Crippen LogP contribution is 2.33. The van der Waals surface area contributed by atoms with Gasteiger partial charge in [-0.05, 0) is 36.8 Å². The first-order valence-electron chi connectivity index (χ1n) is 8.38. The van der Waals surface area contributed by atoms with Crippen molar-refractivity contribution in [1.82, 2.24) is 15.0 Å². The van der Waals surface area contributed by atoms with Crippen molar-refractivity contribution in [1.29, 1.82) is 0 Å². The molecule has 0 aliphatic carbocycles. The molecule has 28 heavy (non-hydrogen) atoms. The van der Waals surface area contributed by atoms with Gasteiger partial charge in [-0.25, -0.2) is 9.48 Å². The lowest BCUT2D eigenvalue weighted by Crippen LogP contribution is -2.09. The maximum absolute atomic E-state index is 12.3. The van der Waals surface area contributed by atoms with E-state index in [1.807, 2.05) is 24.3 Å². The number of halogens is 2. The van der Waals surface area contributed by atoms with Crippen LogP contribution < -0.4 is 9.47 Å². The Labute approximate surface area is 171 Å². The number of carbonyl (C=O) groups is 1. The quantitative estimate of drug-likeness (QED) is 0.518. The van der Waals surface area contributed by atoms with Gasteiger partial charge in [0.1, 0.15) is 11.5 Å². The van der Waals surface area contributed by atoms with Crippen molar-refractivity contribution in [2.45, 2.75) is 13.5 Å². The van der Waals surface area contributed by atoms with Gasteiger partial charge in [0.2, 0.25) is 5.69 Å². The molecule has 7 nitrogen and oxygen atoms in total. The molecule has 1 aromatic heterocycles. The number of rotatable bonds is 7. The lowest BCUT2D eigenvalue weighted by atomic mass is 10.2. The van der Waals surface area contributed by atoms with Crippen molar-refractivity contribution >= 4 is 29.2 Å². The fourth-order valence-electron chi connectivity index (χ4n) is 2.40. The molecule has 1 heterocycles. The zero-order chi connectivity index (χ0) is 20.1. The molecule has 2 aromatic carbocycles. The second-order valence-electron chi connectivity index (χ2n) is 5.65. The number of hydrogen-bond donors (Lipinski definition) is 0. The Morgan fingerprint density at radius 1 is 1.14 bits per heavy atom. The van der Waals surface area contributed by atoms with Crippen molar-refractivity contribution in [3.05, 3.63) is 63.8 Å². The summed E-state index contributed by atoms with van der Waals surface area (Å²) in [7, 11) is 1.60. The molecule has 0 saturated heterocycles. The minimum absolute atomic E-state index is 0.0496. The summed E-state index contributed by atoms with van der Waals surface area (Å²) >= 11 is 12.2. The van der Waals surface area contributed by atoms with E-state index in [4.69, 9.17) is 37.4 Å². The topological polar surface area (TPSA) is 75.5 Å². The Kier molecular flexibility index (Phi) is 6.38. The lowest BCUT2D eigenvalue weighted by molar-refractivity contribution is 0.0516. The number of aromatic nitrogens is 3. The van der Waals surface area contributed by atoms with Gasteiger partial charge < -0.3 is 14.2 Å². The van der Waals surface area contributed by atoms with Crippen LogP contribution in [-0.2, 0) is 11.3 Å². The van der Waals surface area contributed by atoms with Crippen LogP contribution in [0.4, 0.5) is 0 Å². The predicted octanol–water partition coefficient (Wildman–Crippen LogP) is 4.61. The van der Waals surface area contributed by atoms with E-state index in [1.165, 1.54) is 4.68 Å². The molecule has 0 amide bonds. The average molecular weight is 422 g/mol. The van der Waals surface area contributed by atoms with Crippen LogP contribution in [0.25, 0.3) is 0 Å². The highest BCUT2D eigenvalue weighted by Gasteiger charge is 2.24. The van der Waals surface area contributed by atoms with Crippen LogP contribution in [0, 0.1) is 0 Å². The van der Waals surface area contributed by atoms with Crippen molar-refractivity contribution in [3.8, 4) is 17.4 Å². The summed E-state index contributed by atoms with van der Waals surface area (Å²) in [6, 6.07) is 12.2. The number of nitrogens with zero attached hydrogens (tertiary/aromatic N) is 3. The van der Waals surface area contributed by atoms with Gasteiger partial charge in [0.15, 0.2) is 0 Å². The number of methoxy groups -OCH3 is 1. The number of carbonyl (C=O) groups excluding carboxylic acids is 1. The molecule has 3 aromatic rings. The molecule has 3 rings (SSSR count). The van der Waals surface area contributed by atoms with Gasteiger partial charge in [0.05, 0.1) is 25.3 Å². The molecular formula is C19H17Cl2N3O4. The molecule has 0 fully saturated rings. The summed E-state index contributed by atoms with van der Waals surface area (Å²) < 4.78 is 17.5. The summed E-state index contributed by atoms with van der Waals surface area (Å²) in [6.45, 7) is 2.21. The molecule has 146 valence electrons. The standard InChI is InChI=1S/C19H17Cl2N3O4/c1-3-27-19(25)17-18(28-16-10-13(20)6-9-15(16)21)24(23-22-17)11-12-4-7-14(26-2)8-5-12/h4-10H,3,11H2,1-2H3. The first-order valence-corrected chi connectivity index (χ1v) is 9.13. The molecular weight excluding hydrogens is 405 g/mol. The third-order valence-corrected chi connectivity index (χ3v) is 4.30. The highest BCUT2D eigenvalue weighted by molar-refractivity contribution is 6.34. The molecule has 9 heteroatoms. The van der Waals surface area contributed by atoms with Crippen LogP contribution in [-0.4, -0.2) is 34.7 Å². The normalized spacial score (nSPS) is 10.6. The molecule has 0 unspecified atom stereocenters. The first kappa shape index (κ1) is 20.0. The van der Waals surface area contributed by atoms with E-state index in [9.17, 15) is 4.79 Å². The molecule has 0 aliphatic heterocycles. The van der Waals surface area contributed by atoms with E-state index in [0.29, 0.717) is 16.6 Å². The van der Waals surface area contributed by atoms with Crippen LogP contribution in [0.1, 0.15) is 23.0 Å². The summed E-state index contributed by atoms with van der Waals surface area (Å²) in [6.07, 6.45) is 0. The fourth-order valence-corrected chi connectivity index (χ4v) is 2.72. The third-order valence-electron chi connectivity index (χ3n) is 3.75. The van der Waals surface area contributed by atoms with Gasteiger partial charge in [0, 0.05) is 11.1 Å². The third kappa shape index (κ3) is 4.55. The zero-order valence-electron chi connectivity index (χ0n) is 15.2. The van der Waals surface area contributed by atoms with Crippen LogP contribution >= 0.6 is 23.2 Å². The highest BCUT2D eigenvalue weighted by atomic mass is 35.5. The van der Waals surface area contributed by atoms with Gasteiger partial charge in [-0.1, -0.05) is 40.5 Å². The summed E-state index contributed by atoms with van der Waals surface area (Å²) in [5, 5.41) is 8.73. The molecule has 0 radical (unpaired) electrons. The largest absolute Gasteiger partial charge is 0.497 e. The van der Waals surface area contributed by atoms with Crippen molar-refractivity contribution in [2.24, 2.45) is 0 Å². The van der Waals surface area contributed by atoms with Crippen LogP contribution in [0.5, 0.6) is 17.4 Å². The van der Waals surface area contributed by atoms with E-state index < -0.39 is 5.97 Å². The second kappa shape index (κ2) is 8.95. The van der Waals surface area contributed by atoms with E-state index >= 15 is 0 Å². The fraction of sp³-hybridized carbons (Fsp3) is 0.211. The Balaban J connectivity index is 1.97. The van der Waals surface area contributed by atoms with Gasteiger partial charge in [-0.3, -0.25) is 0 Å². The molecule has 0 spiro atoms. The molecule has 0 atom stereocenters. The van der Waals surface area contributed by atoms with E-state index in [-0.39, 0.29) is 23.9 Å². The molecule has 0 bridgehead atoms. The van der Waals surface area contributed by atoms with Crippen LogP contribution in [0.15, 0.2) is 42.5 Å². The number of ether oxygens (including phenoxy) is 3. The van der Waals surface area contributed by atoms with E-state index in [0.717, 1.165) is 11.3 Å². The minimum atomic E-state index is -0.642. The van der Waals surface area contributed by atoms with Gasteiger partial charge >= 0.3 is 5.97 Å². The Morgan fingerprint density at radius 2 is 1.89 bits per heavy atom. The Morgan fingerprint density at radius 3 is 2.57 bits per heavy atom. The summed E-state index contributed by atoms with van der Waals surface area (Å²) in [5.74, 6) is 0.477. The maximum Gasteiger partial charge on any atom is 0.364 e. The SMILES string of the molecule is CCOC(=O)c1nnn(Cc2ccc(OC)cc2)c1Oc1cc(Cl)ccc1Cl. The van der Waals surface area contributed by atoms with Crippen molar-refractivity contribution in [2.75, 3.05) is 13.7 Å². The van der Waals surface area contributed by atoms with Crippen molar-refractivity contribution in [3.63, 3.8) is 0 Å². The van der Waals surface area contributed by atoms with Gasteiger partial charge in [-0.2, -0.15) is 0 Å². The molecule has 0 saturated carbocycles. The smallest absolute Gasteiger partial charge is 0.364 e. The van der Waals surface area contributed by atoms with Gasteiger partial charge in [-0.15, -0.1) is 5.10 Å². The Bertz CT molecular complexity index is 974. The van der Waals surface area contributed by atoms with E-state index in [2.05, 4.69) is 10.3 Å². The number of esters is 1. The minimum Gasteiger partial charge on any atom is -0.497 e. The van der Waals surface area contributed by atoms with Crippen molar-refractivity contribution < 1.29 is 19.0 Å². The van der Waals surface area contributed by atoms with E-state index in [1.54, 1.807) is 32.2 Å². The lowest BCUT2D eigenvalue weighted by Gasteiger charge is -2.11. The summed E-state index contributed by atoms with van der Waals surface area (Å²) in [5.41, 5.74) is 0.856.